The molecule has 0 bridgehead atoms. The van der Waals surface area contributed by atoms with Gasteiger partial charge in [-0.2, -0.15) is 0 Å². The van der Waals surface area contributed by atoms with Gasteiger partial charge in [0.2, 0.25) is 11.8 Å². The van der Waals surface area contributed by atoms with E-state index in [4.69, 9.17) is 27.6 Å². The number of amides is 1. The highest BCUT2D eigenvalue weighted by molar-refractivity contribution is 7.99. The maximum atomic E-state index is 12.6. The molecular weight excluding hydrogens is 457 g/mol. The summed E-state index contributed by atoms with van der Waals surface area (Å²) in [5.41, 5.74) is 2.40. The number of anilines is 2. The molecule has 1 aromatic heterocycles. The van der Waals surface area contributed by atoms with E-state index in [1.54, 1.807) is 18.2 Å². The molecule has 1 amide bonds. The summed E-state index contributed by atoms with van der Waals surface area (Å²) >= 11 is 13.4. The van der Waals surface area contributed by atoms with Crippen LogP contribution in [0.25, 0.3) is 11.5 Å². The Morgan fingerprint density at radius 2 is 1.87 bits per heavy atom. The number of likely N-dealkylation sites (N-methyl/N-ethyl adjacent to an activating group) is 1. The number of halogens is 2. The zero-order valence-electron chi connectivity index (χ0n) is 16.8. The predicted molar refractivity (Wildman–Crippen MR) is 125 cm³/mol. The molecular formula is C21H21Cl2N5O2S. The molecule has 0 saturated carbocycles. The molecule has 2 heterocycles. The van der Waals surface area contributed by atoms with Crippen molar-refractivity contribution in [1.82, 2.24) is 15.1 Å². The van der Waals surface area contributed by atoms with Gasteiger partial charge in [-0.1, -0.05) is 41.0 Å². The van der Waals surface area contributed by atoms with Crippen molar-refractivity contribution in [2.24, 2.45) is 0 Å². The van der Waals surface area contributed by atoms with Crippen molar-refractivity contribution in [1.29, 1.82) is 0 Å². The largest absolute Gasteiger partial charge is 0.411 e. The number of benzene rings is 2. The average Bonchev–Trinajstić information content (AvgIpc) is 3.23. The highest BCUT2D eigenvalue weighted by Gasteiger charge is 2.19. The summed E-state index contributed by atoms with van der Waals surface area (Å²) < 4.78 is 5.64. The zero-order chi connectivity index (χ0) is 21.8. The van der Waals surface area contributed by atoms with Gasteiger partial charge in [0, 0.05) is 41.8 Å². The van der Waals surface area contributed by atoms with Gasteiger partial charge in [-0.25, -0.2) is 0 Å². The molecule has 2 aromatic carbocycles. The Morgan fingerprint density at radius 1 is 1.10 bits per heavy atom. The summed E-state index contributed by atoms with van der Waals surface area (Å²) in [6.07, 6.45) is 0. The second kappa shape index (κ2) is 9.91. The van der Waals surface area contributed by atoms with Crippen molar-refractivity contribution in [2.75, 3.05) is 49.2 Å². The third kappa shape index (κ3) is 5.71. The summed E-state index contributed by atoms with van der Waals surface area (Å²) in [6, 6.07) is 12.7. The molecule has 0 spiro atoms. The maximum Gasteiger partial charge on any atom is 0.277 e. The minimum atomic E-state index is -0.176. The molecule has 31 heavy (non-hydrogen) atoms. The number of aromatic nitrogens is 2. The lowest BCUT2D eigenvalue weighted by Gasteiger charge is -2.35. The summed E-state index contributed by atoms with van der Waals surface area (Å²) in [7, 11) is 2.11. The molecule has 4 rings (SSSR count). The number of thioether (sulfide) groups is 1. The van der Waals surface area contributed by atoms with Crippen LogP contribution in [0.1, 0.15) is 0 Å². The normalized spacial score (nSPS) is 14.6. The highest BCUT2D eigenvalue weighted by Crippen LogP contribution is 2.31. The van der Waals surface area contributed by atoms with E-state index in [9.17, 15) is 4.79 Å². The molecule has 162 valence electrons. The molecule has 1 fully saturated rings. The van der Waals surface area contributed by atoms with E-state index in [-0.39, 0.29) is 11.7 Å². The molecule has 3 aromatic rings. The lowest BCUT2D eigenvalue weighted by molar-refractivity contribution is -0.113. The van der Waals surface area contributed by atoms with Gasteiger partial charge < -0.3 is 19.5 Å². The van der Waals surface area contributed by atoms with E-state index in [2.05, 4.69) is 32.4 Å². The monoisotopic (exact) mass is 477 g/mol. The van der Waals surface area contributed by atoms with Crippen LogP contribution in [0.4, 0.5) is 11.4 Å². The Labute approximate surface area is 194 Å². The van der Waals surface area contributed by atoms with Gasteiger partial charge in [-0.15, -0.1) is 10.2 Å². The molecule has 10 heteroatoms. The first-order chi connectivity index (χ1) is 15.0. The van der Waals surface area contributed by atoms with E-state index in [1.807, 2.05) is 24.3 Å². The van der Waals surface area contributed by atoms with Gasteiger partial charge in [-0.05, 0) is 43.4 Å². The van der Waals surface area contributed by atoms with Crippen LogP contribution in [-0.4, -0.2) is 60.0 Å². The Bertz CT molecular complexity index is 1070. The molecule has 1 saturated heterocycles. The van der Waals surface area contributed by atoms with Gasteiger partial charge in [0.25, 0.3) is 5.22 Å². The van der Waals surface area contributed by atoms with Crippen LogP contribution < -0.4 is 10.2 Å². The molecule has 1 aliphatic rings. The Balaban J connectivity index is 1.39. The Kier molecular flexibility index (Phi) is 7.02. The van der Waals surface area contributed by atoms with E-state index < -0.39 is 0 Å². The van der Waals surface area contributed by atoms with Crippen LogP contribution in [0.5, 0.6) is 0 Å². The van der Waals surface area contributed by atoms with Crippen molar-refractivity contribution in [3.8, 4) is 11.5 Å². The summed E-state index contributed by atoms with van der Waals surface area (Å²) in [5, 5.41) is 12.5. The smallest absolute Gasteiger partial charge is 0.277 e. The number of rotatable bonds is 6. The van der Waals surface area contributed by atoms with Crippen LogP contribution in [-0.2, 0) is 4.79 Å². The van der Waals surface area contributed by atoms with Crippen LogP contribution in [0.15, 0.2) is 52.1 Å². The van der Waals surface area contributed by atoms with Gasteiger partial charge in [0.05, 0.1) is 17.1 Å². The molecule has 0 radical (unpaired) electrons. The third-order valence-corrected chi connectivity index (χ3v) is 6.17. The van der Waals surface area contributed by atoms with Crippen LogP contribution in [0, 0.1) is 0 Å². The summed E-state index contributed by atoms with van der Waals surface area (Å²) in [5.74, 6) is 0.314. The topological polar surface area (TPSA) is 74.5 Å². The standard InChI is InChI=1S/C21H21Cl2N5O2S/c1-27-7-9-28(10-8-27)18-6-5-16(23)12-17(18)24-19(29)13-31-21-26-25-20(30-21)14-3-2-4-15(22)11-14/h2-6,11-12H,7-10,13H2,1H3,(H,24,29). The number of hydrogen-bond donors (Lipinski definition) is 1. The van der Waals surface area contributed by atoms with Gasteiger partial charge >= 0.3 is 0 Å². The number of piperazine rings is 1. The fourth-order valence-electron chi connectivity index (χ4n) is 3.25. The Morgan fingerprint density at radius 3 is 2.65 bits per heavy atom. The third-order valence-electron chi connectivity index (χ3n) is 4.88. The number of carbonyl (C=O) groups is 1. The fourth-order valence-corrected chi connectivity index (χ4v) is 4.18. The SMILES string of the molecule is CN1CCN(c2ccc(Cl)cc2NC(=O)CSc2nnc(-c3cccc(Cl)c3)o2)CC1. The highest BCUT2D eigenvalue weighted by atomic mass is 35.5. The lowest BCUT2D eigenvalue weighted by Crippen LogP contribution is -2.44. The number of nitrogens with one attached hydrogen (secondary N) is 1. The zero-order valence-corrected chi connectivity index (χ0v) is 19.2. The first-order valence-electron chi connectivity index (χ1n) is 9.73. The van der Waals surface area contributed by atoms with Crippen LogP contribution in [0.2, 0.25) is 10.0 Å². The molecule has 0 unspecified atom stereocenters. The van der Waals surface area contributed by atoms with Crippen molar-refractivity contribution >= 4 is 52.2 Å². The number of carbonyl (C=O) groups excluding carboxylic acids is 1. The van der Waals surface area contributed by atoms with Crippen LogP contribution in [0.3, 0.4) is 0 Å². The Hall–Kier alpha value is -2.26. The minimum Gasteiger partial charge on any atom is -0.411 e. The van der Waals surface area contributed by atoms with Gasteiger partial charge in [-0.3, -0.25) is 4.79 Å². The second-order valence-corrected chi connectivity index (χ2v) is 8.97. The molecule has 0 aliphatic carbocycles. The van der Waals surface area contributed by atoms with Crippen molar-refractivity contribution in [3.05, 3.63) is 52.5 Å². The van der Waals surface area contributed by atoms with Crippen molar-refractivity contribution in [2.45, 2.75) is 5.22 Å². The average molecular weight is 478 g/mol. The van der Waals surface area contributed by atoms with E-state index >= 15 is 0 Å². The minimum absolute atomic E-state index is 0.131. The molecule has 7 nitrogen and oxygen atoms in total. The maximum absolute atomic E-state index is 12.6. The van der Waals surface area contributed by atoms with E-state index in [1.165, 1.54) is 11.8 Å². The van der Waals surface area contributed by atoms with Gasteiger partial charge in [0.1, 0.15) is 0 Å². The van der Waals surface area contributed by atoms with Crippen molar-refractivity contribution < 1.29 is 9.21 Å². The predicted octanol–water partition coefficient (Wildman–Crippen LogP) is 4.53. The van der Waals surface area contributed by atoms with Crippen molar-refractivity contribution in [3.63, 3.8) is 0 Å². The quantitative estimate of drug-likeness (QED) is 0.522. The first kappa shape index (κ1) is 22.0. The number of nitrogens with zero attached hydrogens (tertiary/aromatic N) is 4. The number of hydrogen-bond acceptors (Lipinski definition) is 7. The lowest BCUT2D eigenvalue weighted by atomic mass is 10.2. The van der Waals surface area contributed by atoms with E-state index in [0.717, 1.165) is 37.4 Å². The second-order valence-electron chi connectivity index (χ2n) is 7.17. The van der Waals surface area contributed by atoms with E-state index in [0.29, 0.717) is 26.8 Å². The fraction of sp³-hybridized carbons (Fsp3) is 0.286. The molecule has 1 N–H and O–H groups in total. The summed E-state index contributed by atoms with van der Waals surface area (Å²) in [4.78, 5) is 17.1. The molecule has 1 aliphatic heterocycles. The summed E-state index contributed by atoms with van der Waals surface area (Å²) in [6.45, 7) is 3.73. The molecule has 0 atom stereocenters. The van der Waals surface area contributed by atoms with Crippen LogP contribution >= 0.6 is 35.0 Å². The first-order valence-corrected chi connectivity index (χ1v) is 11.5. The van der Waals surface area contributed by atoms with Gasteiger partial charge in [0.15, 0.2) is 0 Å².